The van der Waals surface area contributed by atoms with Crippen molar-refractivity contribution < 1.29 is 14.3 Å². The third kappa shape index (κ3) is 5.46. The predicted molar refractivity (Wildman–Crippen MR) is 92.1 cm³/mol. The number of pyridine rings is 1. The summed E-state index contributed by atoms with van der Waals surface area (Å²) < 4.78 is 10.7. The van der Waals surface area contributed by atoms with Crippen molar-refractivity contribution in [2.45, 2.75) is 33.0 Å². The maximum Gasteiger partial charge on any atom is 0.315 e. The van der Waals surface area contributed by atoms with Crippen LogP contribution in [0.25, 0.3) is 0 Å². The van der Waals surface area contributed by atoms with E-state index in [0.717, 1.165) is 16.9 Å². The first-order valence-corrected chi connectivity index (χ1v) is 7.83. The monoisotopic (exact) mass is 329 g/mol. The normalized spacial score (nSPS) is 10.3. The molecular formula is C18H23N3O3. The minimum absolute atomic E-state index is 0.0301. The van der Waals surface area contributed by atoms with Crippen molar-refractivity contribution in [3.63, 3.8) is 0 Å². The van der Waals surface area contributed by atoms with Crippen LogP contribution in [0.15, 0.2) is 42.6 Å². The summed E-state index contributed by atoms with van der Waals surface area (Å²) >= 11 is 0. The van der Waals surface area contributed by atoms with Gasteiger partial charge in [0.1, 0.15) is 5.75 Å². The van der Waals surface area contributed by atoms with Crippen molar-refractivity contribution >= 4 is 6.03 Å². The number of amides is 2. The average Bonchev–Trinajstić information content (AvgIpc) is 2.59. The van der Waals surface area contributed by atoms with E-state index in [4.69, 9.17) is 9.47 Å². The highest BCUT2D eigenvalue weighted by Crippen LogP contribution is 2.15. The number of aromatic nitrogens is 1. The van der Waals surface area contributed by atoms with Crippen LogP contribution in [0.5, 0.6) is 11.6 Å². The summed E-state index contributed by atoms with van der Waals surface area (Å²) in [6.07, 6.45) is 1.70. The van der Waals surface area contributed by atoms with Crippen LogP contribution in [-0.4, -0.2) is 24.2 Å². The molecule has 0 saturated heterocycles. The van der Waals surface area contributed by atoms with Gasteiger partial charge in [0.25, 0.3) is 0 Å². The third-order valence-electron chi connectivity index (χ3n) is 3.25. The Labute approximate surface area is 142 Å². The predicted octanol–water partition coefficient (Wildman–Crippen LogP) is 2.88. The van der Waals surface area contributed by atoms with Gasteiger partial charge in [0.15, 0.2) is 0 Å². The summed E-state index contributed by atoms with van der Waals surface area (Å²) in [5, 5.41) is 5.63. The first kappa shape index (κ1) is 17.6. The number of benzene rings is 1. The summed E-state index contributed by atoms with van der Waals surface area (Å²) in [5.74, 6) is 1.33. The van der Waals surface area contributed by atoms with E-state index in [-0.39, 0.29) is 12.1 Å². The molecular weight excluding hydrogens is 306 g/mol. The number of carbonyl (C=O) groups excluding carboxylic acids is 1. The van der Waals surface area contributed by atoms with Crippen LogP contribution in [0.4, 0.5) is 4.79 Å². The molecule has 6 nitrogen and oxygen atoms in total. The lowest BCUT2D eigenvalue weighted by molar-refractivity contribution is 0.228. The first-order chi connectivity index (χ1) is 11.6. The van der Waals surface area contributed by atoms with Crippen LogP contribution in [0.2, 0.25) is 0 Å². The molecule has 2 N–H and O–H groups in total. The molecule has 0 spiro atoms. The van der Waals surface area contributed by atoms with Crippen LogP contribution >= 0.6 is 0 Å². The lowest BCUT2D eigenvalue weighted by Crippen LogP contribution is -2.34. The summed E-state index contributed by atoms with van der Waals surface area (Å²) in [7, 11) is 1.62. The van der Waals surface area contributed by atoms with Gasteiger partial charge in [-0.05, 0) is 37.6 Å². The van der Waals surface area contributed by atoms with Crippen LogP contribution < -0.4 is 20.1 Å². The largest absolute Gasteiger partial charge is 0.497 e. The fraction of sp³-hybridized carbons (Fsp3) is 0.333. The third-order valence-corrected chi connectivity index (χ3v) is 3.25. The molecule has 6 heteroatoms. The second-order valence-electron chi connectivity index (χ2n) is 5.52. The van der Waals surface area contributed by atoms with Gasteiger partial charge in [-0.2, -0.15) is 0 Å². The number of hydrogen-bond acceptors (Lipinski definition) is 4. The highest BCUT2D eigenvalue weighted by atomic mass is 16.5. The summed E-state index contributed by atoms with van der Waals surface area (Å²) in [5.41, 5.74) is 1.84. The number of nitrogens with one attached hydrogen (secondary N) is 2. The Hall–Kier alpha value is -2.76. The van der Waals surface area contributed by atoms with Gasteiger partial charge < -0.3 is 20.1 Å². The fourth-order valence-electron chi connectivity index (χ4n) is 2.05. The van der Waals surface area contributed by atoms with Crippen molar-refractivity contribution in [3.8, 4) is 11.6 Å². The number of nitrogens with zero attached hydrogens (tertiary/aromatic N) is 1. The van der Waals surface area contributed by atoms with Crippen LogP contribution in [0.1, 0.15) is 25.0 Å². The maximum atomic E-state index is 11.9. The number of hydrogen-bond donors (Lipinski definition) is 2. The van der Waals surface area contributed by atoms with E-state index in [0.29, 0.717) is 19.0 Å². The molecule has 0 aliphatic heterocycles. The Balaban J connectivity index is 1.82. The minimum Gasteiger partial charge on any atom is -0.497 e. The van der Waals surface area contributed by atoms with Gasteiger partial charge in [0, 0.05) is 24.8 Å². The molecule has 0 aliphatic rings. The summed E-state index contributed by atoms with van der Waals surface area (Å²) in [6, 6.07) is 11.0. The van der Waals surface area contributed by atoms with Gasteiger partial charge in [-0.1, -0.05) is 18.2 Å². The Kier molecular flexibility index (Phi) is 6.42. The SMILES string of the molecule is COc1ccc(CNC(=O)NCc2cccnc2OC(C)C)cc1. The number of methoxy groups -OCH3 is 1. The van der Waals surface area contributed by atoms with Gasteiger partial charge in [-0.15, -0.1) is 0 Å². The van der Waals surface area contributed by atoms with Crippen molar-refractivity contribution in [1.82, 2.24) is 15.6 Å². The molecule has 1 aromatic heterocycles. The van der Waals surface area contributed by atoms with E-state index in [1.54, 1.807) is 13.3 Å². The zero-order chi connectivity index (χ0) is 17.4. The standard InChI is InChI=1S/C18H23N3O3/c1-13(2)24-17-15(5-4-10-19-17)12-21-18(22)20-11-14-6-8-16(23-3)9-7-14/h4-10,13H,11-12H2,1-3H3,(H2,20,21,22). The van der Waals surface area contributed by atoms with E-state index in [1.165, 1.54) is 0 Å². The quantitative estimate of drug-likeness (QED) is 0.819. The molecule has 0 radical (unpaired) electrons. The number of rotatable bonds is 7. The van der Waals surface area contributed by atoms with Crippen molar-refractivity contribution in [3.05, 3.63) is 53.7 Å². The Bertz CT molecular complexity index is 657. The van der Waals surface area contributed by atoms with Gasteiger partial charge >= 0.3 is 6.03 Å². The average molecular weight is 329 g/mol. The molecule has 2 aromatic rings. The zero-order valence-electron chi connectivity index (χ0n) is 14.2. The molecule has 24 heavy (non-hydrogen) atoms. The second-order valence-corrected chi connectivity index (χ2v) is 5.52. The highest BCUT2D eigenvalue weighted by molar-refractivity contribution is 5.73. The highest BCUT2D eigenvalue weighted by Gasteiger charge is 2.08. The Morgan fingerprint density at radius 3 is 2.50 bits per heavy atom. The lowest BCUT2D eigenvalue weighted by Gasteiger charge is -2.13. The molecule has 0 aliphatic carbocycles. The van der Waals surface area contributed by atoms with Gasteiger partial charge in [0.05, 0.1) is 13.2 Å². The van der Waals surface area contributed by atoms with Crippen LogP contribution in [0.3, 0.4) is 0 Å². The Morgan fingerprint density at radius 1 is 1.12 bits per heavy atom. The maximum absolute atomic E-state index is 11.9. The smallest absolute Gasteiger partial charge is 0.315 e. The number of carbonyl (C=O) groups is 1. The van der Waals surface area contributed by atoms with E-state index < -0.39 is 0 Å². The van der Waals surface area contributed by atoms with Gasteiger partial charge in [-0.3, -0.25) is 0 Å². The van der Waals surface area contributed by atoms with Gasteiger partial charge in [0.2, 0.25) is 5.88 Å². The van der Waals surface area contributed by atoms with Crippen LogP contribution in [-0.2, 0) is 13.1 Å². The Morgan fingerprint density at radius 2 is 1.83 bits per heavy atom. The van der Waals surface area contributed by atoms with Crippen molar-refractivity contribution in [2.24, 2.45) is 0 Å². The topological polar surface area (TPSA) is 72.5 Å². The molecule has 128 valence electrons. The molecule has 0 saturated carbocycles. The molecule has 0 fully saturated rings. The zero-order valence-corrected chi connectivity index (χ0v) is 14.2. The molecule has 0 bridgehead atoms. The van der Waals surface area contributed by atoms with Crippen molar-refractivity contribution in [2.75, 3.05) is 7.11 Å². The first-order valence-electron chi connectivity index (χ1n) is 7.83. The molecule has 1 aromatic carbocycles. The lowest BCUT2D eigenvalue weighted by atomic mass is 10.2. The van der Waals surface area contributed by atoms with E-state index >= 15 is 0 Å². The molecule has 2 amide bonds. The van der Waals surface area contributed by atoms with E-state index in [9.17, 15) is 4.79 Å². The molecule has 1 heterocycles. The number of ether oxygens (including phenoxy) is 2. The van der Waals surface area contributed by atoms with Gasteiger partial charge in [-0.25, -0.2) is 9.78 Å². The molecule has 2 rings (SSSR count). The van der Waals surface area contributed by atoms with E-state index in [1.807, 2.05) is 50.2 Å². The number of urea groups is 1. The fourth-order valence-corrected chi connectivity index (χ4v) is 2.05. The molecule has 0 atom stereocenters. The van der Waals surface area contributed by atoms with Crippen molar-refractivity contribution in [1.29, 1.82) is 0 Å². The summed E-state index contributed by atoms with van der Waals surface area (Å²) in [4.78, 5) is 16.1. The molecule has 0 unspecified atom stereocenters. The summed E-state index contributed by atoms with van der Waals surface area (Å²) in [6.45, 7) is 4.67. The minimum atomic E-state index is -0.245. The second kappa shape index (κ2) is 8.76. The van der Waals surface area contributed by atoms with Crippen LogP contribution in [0, 0.1) is 0 Å². The van der Waals surface area contributed by atoms with E-state index in [2.05, 4.69) is 15.6 Å².